The third-order valence-corrected chi connectivity index (χ3v) is 7.85. The number of benzene rings is 3. The van der Waals surface area contributed by atoms with Crippen LogP contribution in [0.5, 0.6) is 0 Å². The van der Waals surface area contributed by atoms with Crippen LogP contribution in [-0.2, 0) is 6.42 Å². The van der Waals surface area contributed by atoms with Crippen LogP contribution in [0.15, 0.2) is 84.9 Å². The molecule has 0 spiro atoms. The number of amides is 2. The number of carbonyl (C=O) groups is 1. The van der Waals surface area contributed by atoms with E-state index >= 15 is 0 Å². The Balaban J connectivity index is 1.29. The number of hydrogen-bond acceptors (Lipinski definition) is 5. The summed E-state index contributed by atoms with van der Waals surface area (Å²) < 4.78 is 1.92. The highest BCUT2D eigenvalue weighted by Crippen LogP contribution is 2.30. The number of para-hydroxylation sites is 1. The molecule has 8 heteroatoms. The predicted octanol–water partition coefficient (Wildman–Crippen LogP) is 6.58. The van der Waals surface area contributed by atoms with Gasteiger partial charge in [-0.1, -0.05) is 74.5 Å². The summed E-state index contributed by atoms with van der Waals surface area (Å²) >= 11 is 0. The summed E-state index contributed by atoms with van der Waals surface area (Å²) in [5.74, 6) is 2.10. The molecule has 1 aliphatic heterocycles. The van der Waals surface area contributed by atoms with Gasteiger partial charge in [-0.25, -0.2) is 19.4 Å². The van der Waals surface area contributed by atoms with Gasteiger partial charge in [0.2, 0.25) is 0 Å². The highest BCUT2D eigenvalue weighted by molar-refractivity contribution is 5.91. The molecule has 214 valence electrons. The molecule has 0 radical (unpaired) electrons. The van der Waals surface area contributed by atoms with Gasteiger partial charge in [0, 0.05) is 38.3 Å². The molecule has 2 aromatic heterocycles. The van der Waals surface area contributed by atoms with Crippen molar-refractivity contribution in [1.29, 1.82) is 0 Å². The van der Waals surface area contributed by atoms with Crippen LogP contribution < -0.4 is 10.2 Å². The number of anilines is 2. The van der Waals surface area contributed by atoms with Crippen LogP contribution in [0.2, 0.25) is 0 Å². The monoisotopic (exact) mass is 559 g/mol. The Bertz CT molecular complexity index is 1660. The van der Waals surface area contributed by atoms with Gasteiger partial charge in [0.25, 0.3) is 0 Å². The van der Waals surface area contributed by atoms with Crippen LogP contribution in [0.4, 0.5) is 16.3 Å². The number of fused-ring (bicyclic) bond motifs is 1. The Morgan fingerprint density at radius 1 is 0.857 bits per heavy atom. The van der Waals surface area contributed by atoms with Crippen LogP contribution >= 0.6 is 0 Å². The molecule has 0 aliphatic carbocycles. The molecule has 6 rings (SSSR count). The van der Waals surface area contributed by atoms with E-state index in [1.165, 1.54) is 5.56 Å². The highest BCUT2D eigenvalue weighted by Gasteiger charge is 2.25. The lowest BCUT2D eigenvalue weighted by molar-refractivity contribution is 0.215. The van der Waals surface area contributed by atoms with E-state index in [1.807, 2.05) is 77.2 Å². The van der Waals surface area contributed by atoms with Crippen LogP contribution in [0.3, 0.4) is 0 Å². The van der Waals surface area contributed by atoms with Gasteiger partial charge in [-0.2, -0.15) is 5.10 Å². The smallest absolute Gasteiger partial charge is 0.321 e. The predicted molar refractivity (Wildman–Crippen MR) is 169 cm³/mol. The largest absolute Gasteiger partial charge is 0.354 e. The molecule has 0 atom stereocenters. The SMILES string of the molecule is Cc1nn(-c2ccccc2)c2nc(Cc3ccccc3)nc(N3CCCN(C(=O)Nc4ccc(C(C)C)cc4)CC3)c12. The summed E-state index contributed by atoms with van der Waals surface area (Å²) in [7, 11) is 0. The summed E-state index contributed by atoms with van der Waals surface area (Å²) in [6.07, 6.45) is 1.46. The number of hydrogen-bond donors (Lipinski definition) is 1. The van der Waals surface area contributed by atoms with E-state index in [4.69, 9.17) is 15.1 Å². The van der Waals surface area contributed by atoms with Gasteiger partial charge in [0.15, 0.2) is 5.65 Å². The van der Waals surface area contributed by atoms with Crippen molar-refractivity contribution < 1.29 is 4.79 Å². The standard InChI is InChI=1S/C34H37N7O/c1-24(2)27-15-17-28(18-16-27)35-34(42)40-20-10-19-39(21-22-40)32-31-25(3)38-41(29-13-8-5-9-14-29)33(31)37-30(36-32)23-26-11-6-4-7-12-26/h4-9,11-18,24H,10,19-23H2,1-3H3,(H,35,42). The van der Waals surface area contributed by atoms with Gasteiger partial charge in [-0.15, -0.1) is 0 Å². The molecule has 3 heterocycles. The Hall–Kier alpha value is -4.72. The van der Waals surface area contributed by atoms with Crippen molar-refractivity contribution in [1.82, 2.24) is 24.6 Å². The average Bonchev–Trinajstić information content (AvgIpc) is 3.16. The summed E-state index contributed by atoms with van der Waals surface area (Å²) in [4.78, 5) is 27.6. The molecule has 0 saturated carbocycles. The fourth-order valence-electron chi connectivity index (χ4n) is 5.53. The maximum absolute atomic E-state index is 13.2. The van der Waals surface area contributed by atoms with Crippen LogP contribution in [-0.4, -0.2) is 56.9 Å². The number of aryl methyl sites for hydroxylation is 1. The average molecular weight is 560 g/mol. The minimum Gasteiger partial charge on any atom is -0.354 e. The van der Waals surface area contributed by atoms with E-state index < -0.39 is 0 Å². The van der Waals surface area contributed by atoms with Crippen molar-refractivity contribution in [3.8, 4) is 5.69 Å². The third kappa shape index (κ3) is 5.84. The second-order valence-corrected chi connectivity index (χ2v) is 11.2. The Morgan fingerprint density at radius 3 is 2.29 bits per heavy atom. The van der Waals surface area contributed by atoms with Crippen molar-refractivity contribution in [2.24, 2.45) is 0 Å². The minimum absolute atomic E-state index is 0.0696. The first kappa shape index (κ1) is 27.4. The lowest BCUT2D eigenvalue weighted by Crippen LogP contribution is -2.38. The molecule has 1 N–H and O–H groups in total. The number of carbonyl (C=O) groups excluding carboxylic acids is 1. The maximum atomic E-state index is 13.2. The van der Waals surface area contributed by atoms with Crippen molar-refractivity contribution in [3.63, 3.8) is 0 Å². The quantitative estimate of drug-likeness (QED) is 0.254. The fraction of sp³-hybridized carbons (Fsp3) is 0.294. The molecular formula is C34H37N7O. The number of nitrogens with one attached hydrogen (secondary N) is 1. The molecule has 1 fully saturated rings. The van der Waals surface area contributed by atoms with E-state index in [0.29, 0.717) is 32.0 Å². The van der Waals surface area contributed by atoms with Gasteiger partial charge in [0.1, 0.15) is 11.6 Å². The normalized spacial score (nSPS) is 13.9. The first-order valence-corrected chi connectivity index (χ1v) is 14.7. The molecule has 2 amide bonds. The van der Waals surface area contributed by atoms with Crippen molar-refractivity contribution >= 4 is 28.6 Å². The summed E-state index contributed by atoms with van der Waals surface area (Å²) in [6, 6.07) is 28.5. The number of aromatic nitrogens is 4. The molecular weight excluding hydrogens is 522 g/mol. The molecule has 1 saturated heterocycles. The van der Waals surface area contributed by atoms with Crippen LogP contribution in [0.25, 0.3) is 16.7 Å². The first-order valence-electron chi connectivity index (χ1n) is 14.7. The van der Waals surface area contributed by atoms with E-state index in [2.05, 4.69) is 48.3 Å². The van der Waals surface area contributed by atoms with E-state index in [1.54, 1.807) is 0 Å². The Morgan fingerprint density at radius 2 is 1.57 bits per heavy atom. The highest BCUT2D eigenvalue weighted by atomic mass is 16.2. The van der Waals surface area contributed by atoms with E-state index in [0.717, 1.165) is 58.3 Å². The lowest BCUT2D eigenvalue weighted by Gasteiger charge is -2.24. The van der Waals surface area contributed by atoms with Gasteiger partial charge < -0.3 is 15.1 Å². The second-order valence-electron chi connectivity index (χ2n) is 11.2. The maximum Gasteiger partial charge on any atom is 0.321 e. The zero-order chi connectivity index (χ0) is 29.1. The Kier molecular flexibility index (Phi) is 7.86. The molecule has 8 nitrogen and oxygen atoms in total. The fourth-order valence-corrected chi connectivity index (χ4v) is 5.53. The summed E-state index contributed by atoms with van der Waals surface area (Å²) in [5, 5.41) is 8.95. The zero-order valence-electron chi connectivity index (χ0n) is 24.5. The molecule has 42 heavy (non-hydrogen) atoms. The topological polar surface area (TPSA) is 79.2 Å². The molecule has 1 aliphatic rings. The lowest BCUT2D eigenvalue weighted by atomic mass is 10.0. The van der Waals surface area contributed by atoms with Gasteiger partial charge in [-0.3, -0.25) is 0 Å². The number of rotatable bonds is 6. The third-order valence-electron chi connectivity index (χ3n) is 7.85. The molecule has 0 unspecified atom stereocenters. The minimum atomic E-state index is -0.0696. The molecule has 0 bridgehead atoms. The van der Waals surface area contributed by atoms with Crippen molar-refractivity contribution in [3.05, 3.63) is 108 Å². The van der Waals surface area contributed by atoms with Gasteiger partial charge in [-0.05, 0) is 54.7 Å². The number of nitrogens with zero attached hydrogens (tertiary/aromatic N) is 6. The van der Waals surface area contributed by atoms with Crippen molar-refractivity contribution in [2.45, 2.75) is 39.5 Å². The summed E-state index contributed by atoms with van der Waals surface area (Å²) in [5.41, 5.74) is 5.89. The number of urea groups is 1. The van der Waals surface area contributed by atoms with Crippen LogP contribution in [0, 0.1) is 6.92 Å². The Labute approximate surface area is 247 Å². The second kappa shape index (κ2) is 12.0. The zero-order valence-corrected chi connectivity index (χ0v) is 24.5. The molecule has 5 aromatic rings. The van der Waals surface area contributed by atoms with Crippen LogP contribution in [0.1, 0.15) is 48.8 Å². The summed E-state index contributed by atoms with van der Waals surface area (Å²) in [6.45, 7) is 9.10. The first-order chi connectivity index (χ1) is 20.5. The van der Waals surface area contributed by atoms with E-state index in [-0.39, 0.29) is 6.03 Å². The van der Waals surface area contributed by atoms with Gasteiger partial charge in [0.05, 0.1) is 16.8 Å². The van der Waals surface area contributed by atoms with E-state index in [9.17, 15) is 4.79 Å². The molecule has 3 aromatic carbocycles. The van der Waals surface area contributed by atoms with Gasteiger partial charge >= 0.3 is 6.03 Å². The van der Waals surface area contributed by atoms with Crippen molar-refractivity contribution in [2.75, 3.05) is 36.4 Å².